The van der Waals surface area contributed by atoms with Crippen LogP contribution in [0.4, 0.5) is 5.82 Å². The summed E-state index contributed by atoms with van der Waals surface area (Å²) in [6.45, 7) is -0.676. The molecule has 1 rings (SSSR count). The third-order valence-electron chi connectivity index (χ3n) is 2.04. The summed E-state index contributed by atoms with van der Waals surface area (Å²) < 4.78 is 0. The first-order valence-electron chi connectivity index (χ1n) is 5.02. The highest BCUT2D eigenvalue weighted by molar-refractivity contribution is 6.29. The van der Waals surface area contributed by atoms with Gasteiger partial charge in [-0.15, -0.1) is 0 Å². The lowest BCUT2D eigenvalue weighted by Crippen LogP contribution is -2.40. The lowest BCUT2D eigenvalue weighted by molar-refractivity contribution is -0.117. The van der Waals surface area contributed by atoms with Crippen LogP contribution in [0.1, 0.15) is 10.4 Å². The van der Waals surface area contributed by atoms with E-state index in [0.717, 1.165) is 11.0 Å². The number of primary amides is 2. The molecule has 0 aliphatic rings. The summed E-state index contributed by atoms with van der Waals surface area (Å²) >= 11 is 5.68. The number of aromatic carboxylic acids is 1. The van der Waals surface area contributed by atoms with E-state index in [2.05, 4.69) is 4.98 Å². The monoisotopic (exact) mass is 286 g/mol. The summed E-state index contributed by atoms with van der Waals surface area (Å²) in [5, 5.41) is 8.80. The predicted molar refractivity (Wildman–Crippen MR) is 66.8 cm³/mol. The highest BCUT2D eigenvalue weighted by Gasteiger charge is 2.16. The predicted octanol–water partition coefficient (Wildman–Crippen LogP) is -0.790. The first kappa shape index (κ1) is 14.7. The van der Waals surface area contributed by atoms with E-state index in [0.29, 0.717) is 0 Å². The molecule has 2 amide bonds. The number of nitrogens with two attached hydrogens (primary N) is 2. The van der Waals surface area contributed by atoms with E-state index in [1.807, 2.05) is 0 Å². The molecule has 102 valence electrons. The maximum absolute atomic E-state index is 10.9. The van der Waals surface area contributed by atoms with Crippen LogP contribution in [0.2, 0.25) is 5.15 Å². The molecule has 8 nitrogen and oxygen atoms in total. The minimum absolute atomic E-state index is 0.0301. The second-order valence-electron chi connectivity index (χ2n) is 3.63. The number of carbonyl (C=O) groups is 3. The number of carbonyl (C=O) groups excluding carboxylic acids is 2. The Morgan fingerprint density at radius 2 is 1.74 bits per heavy atom. The van der Waals surface area contributed by atoms with Crippen molar-refractivity contribution in [2.45, 2.75) is 0 Å². The molecule has 0 saturated carbocycles. The topological polar surface area (TPSA) is 140 Å². The molecule has 0 aromatic carbocycles. The van der Waals surface area contributed by atoms with Crippen LogP contribution in [0, 0.1) is 0 Å². The Morgan fingerprint density at radius 1 is 1.21 bits per heavy atom. The summed E-state index contributed by atoms with van der Waals surface area (Å²) in [6.07, 6.45) is 0. The third-order valence-corrected chi connectivity index (χ3v) is 2.24. The molecule has 0 saturated heterocycles. The number of carboxylic acids is 1. The number of hydrogen-bond donors (Lipinski definition) is 3. The number of anilines is 1. The Morgan fingerprint density at radius 3 is 2.16 bits per heavy atom. The van der Waals surface area contributed by atoms with Crippen LogP contribution in [0.15, 0.2) is 12.1 Å². The quantitative estimate of drug-likeness (QED) is 0.585. The molecule has 0 fully saturated rings. The SMILES string of the molecule is NC(=O)CN(CC(N)=O)c1cc(C(=O)O)cc(Cl)n1. The van der Waals surface area contributed by atoms with Crippen molar-refractivity contribution in [2.75, 3.05) is 18.0 Å². The summed E-state index contributed by atoms with van der Waals surface area (Å²) in [4.78, 5) is 37.7. The van der Waals surface area contributed by atoms with Crippen LogP contribution < -0.4 is 16.4 Å². The summed E-state index contributed by atoms with van der Waals surface area (Å²) in [7, 11) is 0. The average molecular weight is 287 g/mol. The molecule has 0 radical (unpaired) electrons. The summed E-state index contributed by atoms with van der Waals surface area (Å²) in [5.74, 6) is -2.63. The zero-order valence-electron chi connectivity index (χ0n) is 9.67. The van der Waals surface area contributed by atoms with Gasteiger partial charge in [0.05, 0.1) is 18.7 Å². The largest absolute Gasteiger partial charge is 0.478 e. The van der Waals surface area contributed by atoms with Gasteiger partial charge in [0.25, 0.3) is 0 Å². The molecule has 0 aliphatic heterocycles. The van der Waals surface area contributed by atoms with Crippen LogP contribution in [-0.2, 0) is 9.59 Å². The van der Waals surface area contributed by atoms with Gasteiger partial charge >= 0.3 is 5.97 Å². The highest BCUT2D eigenvalue weighted by atomic mass is 35.5. The van der Waals surface area contributed by atoms with Gasteiger partial charge in [0, 0.05) is 0 Å². The molecule has 0 bridgehead atoms. The van der Waals surface area contributed by atoms with Gasteiger partial charge in [-0.05, 0) is 12.1 Å². The van der Waals surface area contributed by atoms with Crippen LogP contribution in [0.3, 0.4) is 0 Å². The molecule has 19 heavy (non-hydrogen) atoms. The molecular formula is C10H11ClN4O4. The Bertz CT molecular complexity index is 518. The normalized spacial score (nSPS) is 9.95. The van der Waals surface area contributed by atoms with Crippen LogP contribution in [0.25, 0.3) is 0 Å². The molecule has 0 unspecified atom stereocenters. The molecule has 9 heteroatoms. The van der Waals surface area contributed by atoms with Gasteiger partial charge in [0.1, 0.15) is 11.0 Å². The van der Waals surface area contributed by atoms with Gasteiger partial charge < -0.3 is 21.5 Å². The number of hydrogen-bond acceptors (Lipinski definition) is 5. The van der Waals surface area contributed by atoms with E-state index in [9.17, 15) is 14.4 Å². The van der Waals surface area contributed by atoms with Crippen molar-refractivity contribution in [3.05, 3.63) is 22.8 Å². The number of nitrogens with zero attached hydrogens (tertiary/aromatic N) is 2. The van der Waals surface area contributed by atoms with E-state index in [-0.39, 0.29) is 29.6 Å². The van der Waals surface area contributed by atoms with E-state index in [4.69, 9.17) is 28.2 Å². The lowest BCUT2D eigenvalue weighted by atomic mass is 10.2. The zero-order chi connectivity index (χ0) is 14.6. The maximum atomic E-state index is 10.9. The van der Waals surface area contributed by atoms with Crippen molar-refractivity contribution in [3.8, 4) is 0 Å². The van der Waals surface area contributed by atoms with Gasteiger partial charge in [-0.25, -0.2) is 9.78 Å². The first-order chi connectivity index (χ1) is 8.79. The van der Waals surface area contributed by atoms with E-state index >= 15 is 0 Å². The van der Waals surface area contributed by atoms with E-state index in [1.165, 1.54) is 6.07 Å². The van der Waals surface area contributed by atoms with E-state index in [1.54, 1.807) is 0 Å². The fraction of sp³-hybridized carbons (Fsp3) is 0.200. The summed E-state index contributed by atoms with van der Waals surface area (Å²) in [6, 6.07) is 2.31. The third kappa shape index (κ3) is 4.43. The Balaban J connectivity index is 3.16. The van der Waals surface area contributed by atoms with Crippen molar-refractivity contribution < 1.29 is 19.5 Å². The van der Waals surface area contributed by atoms with Gasteiger partial charge in [-0.1, -0.05) is 11.6 Å². The molecule has 1 heterocycles. The number of rotatable bonds is 6. The van der Waals surface area contributed by atoms with Crippen LogP contribution in [0.5, 0.6) is 0 Å². The van der Waals surface area contributed by atoms with Gasteiger partial charge in [-0.2, -0.15) is 0 Å². The molecule has 0 spiro atoms. The summed E-state index contributed by atoms with van der Waals surface area (Å²) in [5.41, 5.74) is 9.93. The lowest BCUT2D eigenvalue weighted by Gasteiger charge is -2.20. The van der Waals surface area contributed by atoms with Crippen molar-refractivity contribution in [2.24, 2.45) is 11.5 Å². The first-order valence-corrected chi connectivity index (χ1v) is 5.40. The standard InChI is InChI=1S/C10H11ClN4O4/c11-6-1-5(10(18)19)2-9(14-6)15(3-7(12)16)4-8(13)17/h1-2H,3-4H2,(H2,12,16)(H2,13,17)(H,18,19). The molecular weight excluding hydrogens is 276 g/mol. The van der Waals surface area contributed by atoms with Crippen molar-refractivity contribution in [3.63, 3.8) is 0 Å². The van der Waals surface area contributed by atoms with Crippen molar-refractivity contribution >= 4 is 35.2 Å². The van der Waals surface area contributed by atoms with Gasteiger partial charge in [0.2, 0.25) is 11.8 Å². The number of amides is 2. The molecule has 0 atom stereocenters. The Kier molecular flexibility index (Phi) is 4.65. The second-order valence-corrected chi connectivity index (χ2v) is 4.02. The number of aromatic nitrogens is 1. The minimum atomic E-state index is -1.22. The zero-order valence-corrected chi connectivity index (χ0v) is 10.4. The molecule has 1 aromatic heterocycles. The fourth-order valence-electron chi connectivity index (χ4n) is 1.36. The van der Waals surface area contributed by atoms with Gasteiger partial charge in [-0.3, -0.25) is 9.59 Å². The molecule has 0 aliphatic carbocycles. The highest BCUT2D eigenvalue weighted by Crippen LogP contribution is 2.18. The molecule has 5 N–H and O–H groups in total. The second kappa shape index (κ2) is 6.01. The van der Waals surface area contributed by atoms with Gasteiger partial charge in [0.15, 0.2) is 0 Å². The van der Waals surface area contributed by atoms with Crippen LogP contribution >= 0.6 is 11.6 Å². The smallest absolute Gasteiger partial charge is 0.335 e. The Hall–Kier alpha value is -2.35. The number of pyridine rings is 1. The fourth-order valence-corrected chi connectivity index (χ4v) is 1.57. The molecule has 1 aromatic rings. The number of carboxylic acid groups (broad SMARTS) is 1. The van der Waals surface area contributed by atoms with Crippen LogP contribution in [-0.4, -0.2) is 41.0 Å². The minimum Gasteiger partial charge on any atom is -0.478 e. The average Bonchev–Trinajstić information content (AvgIpc) is 2.25. The van der Waals surface area contributed by atoms with Crippen molar-refractivity contribution in [1.29, 1.82) is 0 Å². The number of halogens is 1. The van der Waals surface area contributed by atoms with Crippen molar-refractivity contribution in [1.82, 2.24) is 4.98 Å². The maximum Gasteiger partial charge on any atom is 0.335 e. The Labute approximate surface area is 112 Å². The van der Waals surface area contributed by atoms with E-state index < -0.39 is 17.8 Å².